The van der Waals surface area contributed by atoms with Crippen LogP contribution in [0.2, 0.25) is 0 Å². The summed E-state index contributed by atoms with van der Waals surface area (Å²) in [6.45, 7) is 7.15. The Hall–Kier alpha value is -0.830. The minimum atomic E-state index is -0.244. The zero-order valence-electron chi connectivity index (χ0n) is 8.04. The van der Waals surface area contributed by atoms with E-state index in [0.29, 0.717) is 0 Å². The van der Waals surface area contributed by atoms with Gasteiger partial charge in [0.1, 0.15) is 0 Å². The molecule has 3 nitrogen and oxygen atoms in total. The van der Waals surface area contributed by atoms with Crippen LogP contribution in [-0.2, 0) is 12.1 Å². The Morgan fingerprint density at radius 2 is 2.25 bits per heavy atom. The van der Waals surface area contributed by atoms with Gasteiger partial charge in [0.2, 0.25) is 0 Å². The van der Waals surface area contributed by atoms with Gasteiger partial charge in [-0.15, -0.1) is 0 Å². The minimum absolute atomic E-state index is 0.244. The van der Waals surface area contributed by atoms with Crippen molar-refractivity contribution in [2.24, 2.45) is 5.73 Å². The van der Waals surface area contributed by atoms with Crippen molar-refractivity contribution >= 4 is 0 Å². The van der Waals surface area contributed by atoms with Gasteiger partial charge in [-0.25, -0.2) is 4.98 Å². The molecule has 0 aliphatic heterocycles. The fourth-order valence-corrected chi connectivity index (χ4v) is 1.23. The molecule has 0 fully saturated rings. The normalized spacial score (nSPS) is 16.0. The molecular weight excluding hydrogens is 150 g/mol. The predicted octanol–water partition coefficient (Wildman–Crippen LogP) is 1.49. The molecule has 2 N–H and O–H groups in total. The summed E-state index contributed by atoms with van der Waals surface area (Å²) >= 11 is 0. The van der Waals surface area contributed by atoms with Crippen molar-refractivity contribution in [1.29, 1.82) is 0 Å². The summed E-state index contributed by atoms with van der Waals surface area (Å²) in [7, 11) is 0. The zero-order valence-corrected chi connectivity index (χ0v) is 8.04. The molecule has 0 saturated heterocycles. The summed E-state index contributed by atoms with van der Waals surface area (Å²) in [6, 6.07) is 0. The van der Waals surface area contributed by atoms with E-state index < -0.39 is 0 Å². The monoisotopic (exact) mass is 167 g/mol. The summed E-state index contributed by atoms with van der Waals surface area (Å²) in [5, 5.41) is 0. The van der Waals surface area contributed by atoms with Crippen LogP contribution in [0.15, 0.2) is 12.5 Å². The van der Waals surface area contributed by atoms with Gasteiger partial charge in [0.15, 0.2) is 0 Å². The number of aryl methyl sites for hydroxylation is 1. The van der Waals surface area contributed by atoms with E-state index in [-0.39, 0.29) is 5.54 Å². The Bertz CT molecular complexity index is 250. The largest absolute Gasteiger partial charge is 0.333 e. The van der Waals surface area contributed by atoms with Crippen LogP contribution in [-0.4, -0.2) is 9.55 Å². The SMILES string of the molecule is CCn1cncc1C(C)(N)CC. The number of aromatic nitrogens is 2. The van der Waals surface area contributed by atoms with Gasteiger partial charge >= 0.3 is 0 Å². The molecule has 0 aromatic carbocycles. The summed E-state index contributed by atoms with van der Waals surface area (Å²) in [4.78, 5) is 4.09. The number of hydrogen-bond donors (Lipinski definition) is 1. The molecule has 1 unspecified atom stereocenters. The van der Waals surface area contributed by atoms with E-state index >= 15 is 0 Å². The Labute approximate surface area is 73.6 Å². The molecule has 1 atom stereocenters. The van der Waals surface area contributed by atoms with Crippen LogP contribution in [0.1, 0.15) is 32.9 Å². The van der Waals surface area contributed by atoms with Gasteiger partial charge in [-0.05, 0) is 20.3 Å². The van der Waals surface area contributed by atoms with E-state index in [0.717, 1.165) is 18.7 Å². The second-order valence-electron chi connectivity index (χ2n) is 3.34. The van der Waals surface area contributed by atoms with E-state index in [9.17, 15) is 0 Å². The number of nitrogens with two attached hydrogens (primary N) is 1. The highest BCUT2D eigenvalue weighted by atomic mass is 15.1. The zero-order chi connectivity index (χ0) is 9.19. The highest BCUT2D eigenvalue weighted by Gasteiger charge is 2.21. The van der Waals surface area contributed by atoms with E-state index in [2.05, 4.69) is 23.4 Å². The highest BCUT2D eigenvalue weighted by molar-refractivity contribution is 5.10. The Kier molecular flexibility index (Phi) is 2.52. The van der Waals surface area contributed by atoms with E-state index in [4.69, 9.17) is 5.73 Å². The van der Waals surface area contributed by atoms with E-state index in [1.807, 2.05) is 19.4 Å². The maximum absolute atomic E-state index is 6.10. The van der Waals surface area contributed by atoms with Crippen LogP contribution in [0, 0.1) is 0 Å². The molecule has 0 aliphatic rings. The van der Waals surface area contributed by atoms with Gasteiger partial charge in [-0.3, -0.25) is 0 Å². The van der Waals surface area contributed by atoms with Crippen molar-refractivity contribution in [3.63, 3.8) is 0 Å². The fraction of sp³-hybridized carbons (Fsp3) is 0.667. The van der Waals surface area contributed by atoms with Crippen LogP contribution in [0.5, 0.6) is 0 Å². The lowest BCUT2D eigenvalue weighted by Gasteiger charge is -2.23. The van der Waals surface area contributed by atoms with Crippen LogP contribution in [0.4, 0.5) is 0 Å². The van der Waals surface area contributed by atoms with Crippen molar-refractivity contribution in [2.75, 3.05) is 0 Å². The number of hydrogen-bond acceptors (Lipinski definition) is 2. The second kappa shape index (κ2) is 3.27. The van der Waals surface area contributed by atoms with Crippen LogP contribution in [0.3, 0.4) is 0 Å². The van der Waals surface area contributed by atoms with Crippen molar-refractivity contribution in [3.05, 3.63) is 18.2 Å². The van der Waals surface area contributed by atoms with Gasteiger partial charge in [0, 0.05) is 12.7 Å². The summed E-state index contributed by atoms with van der Waals surface area (Å²) < 4.78 is 2.09. The Morgan fingerprint density at radius 1 is 1.58 bits per heavy atom. The topological polar surface area (TPSA) is 43.8 Å². The number of rotatable bonds is 3. The first-order valence-corrected chi connectivity index (χ1v) is 4.41. The van der Waals surface area contributed by atoms with Gasteiger partial charge < -0.3 is 10.3 Å². The molecule has 68 valence electrons. The van der Waals surface area contributed by atoms with Crippen LogP contribution >= 0.6 is 0 Å². The Morgan fingerprint density at radius 3 is 2.75 bits per heavy atom. The molecule has 1 heterocycles. The standard InChI is InChI=1S/C9H17N3/c1-4-9(3,10)8-6-11-7-12(8)5-2/h6-7H,4-5,10H2,1-3H3. The average molecular weight is 167 g/mol. The molecule has 0 radical (unpaired) electrons. The first-order chi connectivity index (χ1) is 5.61. The molecule has 0 bridgehead atoms. The van der Waals surface area contributed by atoms with Crippen molar-refractivity contribution in [2.45, 2.75) is 39.3 Å². The van der Waals surface area contributed by atoms with Crippen LogP contribution in [0.25, 0.3) is 0 Å². The third-order valence-electron chi connectivity index (χ3n) is 2.37. The molecular formula is C9H17N3. The minimum Gasteiger partial charge on any atom is -0.333 e. The van der Waals surface area contributed by atoms with Gasteiger partial charge in [0.05, 0.1) is 17.6 Å². The van der Waals surface area contributed by atoms with E-state index in [1.165, 1.54) is 0 Å². The summed E-state index contributed by atoms with van der Waals surface area (Å²) in [5.74, 6) is 0. The quantitative estimate of drug-likeness (QED) is 0.741. The van der Waals surface area contributed by atoms with Gasteiger partial charge in [0.25, 0.3) is 0 Å². The molecule has 1 rings (SSSR count). The van der Waals surface area contributed by atoms with Crippen molar-refractivity contribution in [1.82, 2.24) is 9.55 Å². The van der Waals surface area contributed by atoms with Crippen molar-refractivity contribution in [3.8, 4) is 0 Å². The first kappa shape index (κ1) is 9.26. The smallest absolute Gasteiger partial charge is 0.0948 e. The highest BCUT2D eigenvalue weighted by Crippen LogP contribution is 2.20. The number of nitrogens with zero attached hydrogens (tertiary/aromatic N) is 2. The molecule has 3 heteroatoms. The molecule has 1 aromatic rings. The van der Waals surface area contributed by atoms with E-state index in [1.54, 1.807) is 0 Å². The maximum Gasteiger partial charge on any atom is 0.0948 e. The second-order valence-corrected chi connectivity index (χ2v) is 3.34. The lowest BCUT2D eigenvalue weighted by molar-refractivity contribution is 0.438. The Balaban J connectivity index is 3.00. The lowest BCUT2D eigenvalue weighted by Crippen LogP contribution is -2.34. The average Bonchev–Trinajstić information content (AvgIpc) is 2.52. The first-order valence-electron chi connectivity index (χ1n) is 4.41. The van der Waals surface area contributed by atoms with Gasteiger partial charge in [-0.2, -0.15) is 0 Å². The maximum atomic E-state index is 6.10. The predicted molar refractivity (Wildman–Crippen MR) is 49.7 cm³/mol. The van der Waals surface area contributed by atoms with Crippen LogP contribution < -0.4 is 5.73 Å². The third kappa shape index (κ3) is 1.50. The molecule has 1 aromatic heterocycles. The molecule has 0 aliphatic carbocycles. The van der Waals surface area contributed by atoms with Crippen molar-refractivity contribution < 1.29 is 0 Å². The summed E-state index contributed by atoms with van der Waals surface area (Å²) in [5.41, 5.74) is 6.97. The molecule has 0 spiro atoms. The fourth-order valence-electron chi connectivity index (χ4n) is 1.23. The number of imidazole rings is 1. The molecule has 12 heavy (non-hydrogen) atoms. The molecule has 0 amide bonds. The third-order valence-corrected chi connectivity index (χ3v) is 2.37. The summed E-state index contributed by atoms with van der Waals surface area (Å²) in [6.07, 6.45) is 4.61. The van der Waals surface area contributed by atoms with Gasteiger partial charge in [-0.1, -0.05) is 6.92 Å². The molecule has 0 saturated carbocycles. The lowest BCUT2D eigenvalue weighted by atomic mass is 9.96.